The van der Waals surface area contributed by atoms with E-state index in [1.165, 1.54) is 0 Å². The van der Waals surface area contributed by atoms with Gasteiger partial charge in [0, 0.05) is 21.5 Å². The third-order valence-corrected chi connectivity index (χ3v) is 2.68. The maximum atomic E-state index is 12.0. The number of hydrogen-bond donors (Lipinski definition) is 1. The van der Waals surface area contributed by atoms with Crippen molar-refractivity contribution in [2.24, 2.45) is 0 Å². The molecule has 0 fully saturated rings. The van der Waals surface area contributed by atoms with Gasteiger partial charge in [0.1, 0.15) is 12.7 Å². The van der Waals surface area contributed by atoms with Crippen molar-refractivity contribution in [1.29, 1.82) is 5.26 Å². The number of halogens is 1. The van der Waals surface area contributed by atoms with Crippen LogP contribution in [0.1, 0.15) is 10.4 Å². The third kappa shape index (κ3) is 3.41. The van der Waals surface area contributed by atoms with E-state index in [0.29, 0.717) is 17.1 Å². The Morgan fingerprint density at radius 1 is 1.50 bits per heavy atom. The van der Waals surface area contributed by atoms with Crippen LogP contribution in [0.2, 0.25) is 0 Å². The van der Waals surface area contributed by atoms with Gasteiger partial charge in [-0.25, -0.2) is 0 Å². The Balaban J connectivity index is 1.99. The van der Waals surface area contributed by atoms with E-state index < -0.39 is 12.1 Å². The second-order valence-corrected chi connectivity index (χ2v) is 4.03. The van der Waals surface area contributed by atoms with Gasteiger partial charge in [0.05, 0.1) is 0 Å². The number of nitriles is 1. The van der Waals surface area contributed by atoms with Gasteiger partial charge in [-0.05, 0) is 23.0 Å². The lowest BCUT2D eigenvalue weighted by Crippen LogP contribution is -2.35. The molecule has 0 aromatic heterocycles. The lowest BCUT2D eigenvalue weighted by Gasteiger charge is -2.11. The average molecular weight is 337 g/mol. The van der Waals surface area contributed by atoms with E-state index in [9.17, 15) is 4.79 Å². The molecule has 1 amide bonds. The molecule has 0 bridgehead atoms. The molecule has 1 heterocycles. The second-order valence-electron chi connectivity index (χ2n) is 3.63. The number of ether oxygens (including phenoxy) is 3. The Kier molecular flexibility index (Phi) is 4.83. The summed E-state index contributed by atoms with van der Waals surface area (Å²) >= 11 is 2.90. The first-order chi connectivity index (χ1) is 9.74. The predicted molar refractivity (Wildman–Crippen MR) is 72.1 cm³/mol. The van der Waals surface area contributed by atoms with Crippen LogP contribution in [0.4, 0.5) is 0 Å². The molecule has 1 aromatic rings. The first kappa shape index (κ1) is 14.2. The maximum Gasteiger partial charge on any atom is 0.254 e. The summed E-state index contributed by atoms with van der Waals surface area (Å²) in [7, 11) is 0. The van der Waals surface area contributed by atoms with Gasteiger partial charge in [-0.2, -0.15) is 5.26 Å². The van der Waals surface area contributed by atoms with Crippen molar-refractivity contribution < 1.29 is 19.0 Å². The Morgan fingerprint density at radius 2 is 2.30 bits per heavy atom. The fourth-order valence-electron chi connectivity index (χ4n) is 1.50. The van der Waals surface area contributed by atoms with E-state index in [4.69, 9.17) is 19.5 Å². The van der Waals surface area contributed by atoms with Crippen LogP contribution in [0.15, 0.2) is 18.2 Å². The minimum absolute atomic E-state index is 0.0326. The van der Waals surface area contributed by atoms with Crippen molar-refractivity contribution in [1.82, 2.24) is 5.32 Å². The molecule has 2 rings (SSSR count). The third-order valence-electron chi connectivity index (χ3n) is 2.40. The van der Waals surface area contributed by atoms with Gasteiger partial charge in [0.25, 0.3) is 5.91 Å². The minimum Gasteiger partial charge on any atom is -0.454 e. The van der Waals surface area contributed by atoms with E-state index in [2.05, 4.69) is 32.0 Å². The van der Waals surface area contributed by atoms with Gasteiger partial charge >= 0.3 is 0 Å². The number of hydrogen-bond acceptors (Lipinski definition) is 5. The number of nitrogens with zero attached hydrogens (tertiary/aromatic N) is 1. The average Bonchev–Trinajstić information content (AvgIpc) is 2.93. The van der Waals surface area contributed by atoms with E-state index in [1.807, 2.05) is 6.07 Å². The van der Waals surface area contributed by atoms with Crippen LogP contribution in [0.5, 0.6) is 11.5 Å². The molecule has 1 N–H and O–H groups in total. The Bertz CT molecular complexity index is 615. The van der Waals surface area contributed by atoms with Crippen molar-refractivity contribution in [2.45, 2.75) is 6.23 Å². The van der Waals surface area contributed by atoms with Crippen LogP contribution in [-0.4, -0.2) is 25.5 Å². The monoisotopic (exact) mass is 336 g/mol. The smallest absolute Gasteiger partial charge is 0.254 e. The zero-order valence-electron chi connectivity index (χ0n) is 10.2. The molecule has 0 spiro atoms. The van der Waals surface area contributed by atoms with Gasteiger partial charge in [0.2, 0.25) is 13.0 Å². The summed E-state index contributed by atoms with van der Waals surface area (Å²) < 4.78 is 15.4. The van der Waals surface area contributed by atoms with E-state index >= 15 is 0 Å². The summed E-state index contributed by atoms with van der Waals surface area (Å²) in [5.41, 5.74) is 0.352. The molecule has 1 aromatic carbocycles. The van der Waals surface area contributed by atoms with Gasteiger partial charge < -0.3 is 19.5 Å². The lowest BCUT2D eigenvalue weighted by molar-refractivity contribution is 0.0684. The molecule has 20 heavy (non-hydrogen) atoms. The number of benzene rings is 1. The molecule has 0 radical (unpaired) electrons. The van der Waals surface area contributed by atoms with Crippen LogP contribution in [-0.2, 0) is 4.74 Å². The molecule has 1 aliphatic heterocycles. The van der Waals surface area contributed by atoms with Crippen LogP contribution < -0.4 is 14.8 Å². The van der Waals surface area contributed by atoms with Crippen molar-refractivity contribution in [3.05, 3.63) is 23.8 Å². The Labute approximate surface area is 123 Å². The first-order valence-corrected chi connectivity index (χ1v) is 6.34. The fraction of sp³-hybridized carbons (Fsp3) is 0.231. The Morgan fingerprint density at radius 3 is 3.05 bits per heavy atom. The van der Waals surface area contributed by atoms with Crippen LogP contribution in [0, 0.1) is 22.1 Å². The summed E-state index contributed by atoms with van der Waals surface area (Å²) in [5.74, 6) is 3.21. The Hall–Kier alpha value is -2.22. The van der Waals surface area contributed by atoms with E-state index in [0.717, 1.165) is 0 Å². The number of carbonyl (C=O) groups is 1. The topological polar surface area (TPSA) is 80.6 Å². The van der Waals surface area contributed by atoms with Crippen LogP contribution in [0.25, 0.3) is 0 Å². The van der Waals surface area contributed by atoms with Gasteiger partial charge in [-0.3, -0.25) is 4.79 Å². The van der Waals surface area contributed by atoms with Gasteiger partial charge in [0.15, 0.2) is 11.5 Å². The molecule has 1 aliphatic rings. The zero-order chi connectivity index (χ0) is 14.4. The summed E-state index contributed by atoms with van der Waals surface area (Å²) in [6.07, 6.45) is -1.07. The number of fused-ring (bicyclic) bond motifs is 1. The van der Waals surface area contributed by atoms with Gasteiger partial charge in [-0.1, -0.05) is 5.92 Å². The number of rotatable bonds is 4. The highest BCUT2D eigenvalue weighted by Crippen LogP contribution is 2.32. The molecule has 0 saturated carbocycles. The van der Waals surface area contributed by atoms with E-state index in [1.54, 1.807) is 18.2 Å². The zero-order valence-corrected chi connectivity index (χ0v) is 11.8. The summed E-state index contributed by atoms with van der Waals surface area (Å²) in [5, 5.41) is 11.3. The molecule has 0 aliphatic carbocycles. The maximum absolute atomic E-state index is 12.0. The molecule has 1 unspecified atom stereocenters. The summed E-state index contributed by atoms with van der Waals surface area (Å²) in [4.78, 5) is 14.4. The SMILES string of the molecule is N#CC(NC(=O)c1ccc2c(c1)OCO2)OCC#CBr. The number of carbonyl (C=O) groups excluding carboxylic acids is 1. The highest BCUT2D eigenvalue weighted by molar-refractivity contribution is 9.12. The number of amides is 1. The van der Waals surface area contributed by atoms with Crippen LogP contribution in [0.3, 0.4) is 0 Å². The first-order valence-electron chi connectivity index (χ1n) is 5.55. The highest BCUT2D eigenvalue weighted by atomic mass is 79.9. The van der Waals surface area contributed by atoms with Crippen molar-refractivity contribution in [3.8, 4) is 28.3 Å². The molecular formula is C13H9BrN2O4. The molecule has 7 heteroatoms. The van der Waals surface area contributed by atoms with Crippen molar-refractivity contribution >= 4 is 21.8 Å². The molecular weight excluding hydrogens is 328 g/mol. The molecule has 6 nitrogen and oxygen atoms in total. The largest absolute Gasteiger partial charge is 0.454 e. The lowest BCUT2D eigenvalue weighted by atomic mass is 10.2. The minimum atomic E-state index is -1.07. The quantitative estimate of drug-likeness (QED) is 0.663. The normalized spacial score (nSPS) is 12.8. The van der Waals surface area contributed by atoms with Crippen LogP contribution >= 0.6 is 15.9 Å². The second kappa shape index (κ2) is 6.80. The van der Waals surface area contributed by atoms with Gasteiger partial charge in [-0.15, -0.1) is 0 Å². The fourth-order valence-corrected chi connectivity index (χ4v) is 1.62. The molecule has 0 saturated heterocycles. The molecule has 102 valence electrons. The predicted octanol–water partition coefficient (Wildman–Crippen LogP) is 1.37. The molecule has 1 atom stereocenters. The highest BCUT2D eigenvalue weighted by Gasteiger charge is 2.18. The summed E-state index contributed by atoms with van der Waals surface area (Å²) in [6.45, 7) is 0.167. The summed E-state index contributed by atoms with van der Waals surface area (Å²) in [6, 6.07) is 6.58. The van der Waals surface area contributed by atoms with E-state index in [-0.39, 0.29) is 13.4 Å². The van der Waals surface area contributed by atoms with Crippen molar-refractivity contribution in [2.75, 3.05) is 13.4 Å². The number of nitrogens with one attached hydrogen (secondary N) is 1. The standard InChI is InChI=1S/C13H9BrN2O4/c14-4-1-5-18-12(7-15)16-13(17)9-2-3-10-11(6-9)20-8-19-10/h2-3,6,12H,5,8H2,(H,16,17). The van der Waals surface area contributed by atoms with Crippen molar-refractivity contribution in [3.63, 3.8) is 0 Å².